The molecule has 0 N–H and O–H groups in total. The van der Waals surface area contributed by atoms with E-state index in [1.807, 2.05) is 0 Å². The van der Waals surface area contributed by atoms with Gasteiger partial charge in [-0.15, -0.1) is 0 Å². The molecule has 1 heterocycles. The summed E-state index contributed by atoms with van der Waals surface area (Å²) in [5.41, 5.74) is 0. The Balaban J connectivity index is 2.14. The van der Waals surface area contributed by atoms with E-state index in [0.29, 0.717) is 19.8 Å². The first kappa shape index (κ1) is 7.34. The number of hydrogen-bond acceptors (Lipinski definition) is 2. The molecule has 1 atom stereocenters. The minimum atomic E-state index is 0.612. The average molecular weight is 352 g/mol. The molecule has 1 aliphatic rings. The van der Waals surface area contributed by atoms with Crippen molar-refractivity contribution in [1.82, 2.24) is 0 Å². The van der Waals surface area contributed by atoms with Crippen molar-refractivity contribution in [2.75, 3.05) is 10.2 Å². The molecule has 0 spiro atoms. The summed E-state index contributed by atoms with van der Waals surface area (Å²) in [6.07, 6.45) is 0. The summed E-state index contributed by atoms with van der Waals surface area (Å²) >= 11 is 2.02. The van der Waals surface area contributed by atoms with E-state index >= 15 is 0 Å². The first-order valence-corrected chi connectivity index (χ1v) is 12.0. The molecule has 1 unspecified atom stereocenters. The number of hydrogen-bond donors (Lipinski definition) is 0. The van der Waals surface area contributed by atoms with Crippen LogP contribution in [0, 0.1) is 0 Å². The van der Waals surface area contributed by atoms with Gasteiger partial charge in [0.2, 0.25) is 0 Å². The van der Waals surface area contributed by atoms with Crippen molar-refractivity contribution < 1.29 is 19.8 Å². The molecule has 0 amide bonds. The Kier molecular flexibility index (Phi) is 4.31. The summed E-state index contributed by atoms with van der Waals surface area (Å²) in [6, 6.07) is 0. The van der Waals surface area contributed by atoms with Gasteiger partial charge in [-0.1, -0.05) is 0 Å². The predicted octanol–water partition coefficient (Wildman–Crippen LogP) is -2.35. The minimum absolute atomic E-state index is 0.612. The van der Waals surface area contributed by atoms with Gasteiger partial charge in [0.1, 0.15) is 0 Å². The fraction of sp³-hybridized carbons (Fsp3) is 1.00. The van der Waals surface area contributed by atoms with Gasteiger partial charge in [-0.25, -0.2) is 0 Å². The van der Waals surface area contributed by atoms with E-state index in [1.54, 1.807) is 4.43 Å². The molecule has 0 aromatic rings. The fourth-order valence-electron chi connectivity index (χ4n) is 0.350. The van der Waals surface area contributed by atoms with Crippen molar-refractivity contribution in [3.8, 4) is 0 Å². The molecular weight excluding hydrogens is 346 g/mol. The number of rotatable bonds is 1. The van der Waals surface area contributed by atoms with Crippen LogP contribution >= 0.6 is 17.9 Å². The summed E-state index contributed by atoms with van der Waals surface area (Å²) in [5, 5.41) is 1.08. The summed E-state index contributed by atoms with van der Waals surface area (Å²) in [6.45, 7) is 0. The zero-order valence-corrected chi connectivity index (χ0v) is 10.8. The molecule has 0 aliphatic carbocycles. The molecule has 1 rings (SSSR count). The van der Waals surface area contributed by atoms with Gasteiger partial charge in [0, 0.05) is 0 Å². The van der Waals surface area contributed by atoms with Crippen molar-refractivity contribution in [2.24, 2.45) is 0 Å². The molecule has 1 aliphatic heterocycles. The summed E-state index contributed by atoms with van der Waals surface area (Å²) in [4.78, 5) is 0. The molecule has 42 valence electrons. The van der Waals surface area contributed by atoms with Crippen LogP contribution in [0.3, 0.4) is 0 Å². The zero-order chi connectivity index (χ0) is 5.11. The zero-order valence-electron chi connectivity index (χ0n) is 3.76. The number of halogens is 1. The molecule has 1 saturated heterocycles. The molecule has 2 radical (unpaired) electrons. The molecule has 0 aromatic carbocycles. The van der Waals surface area contributed by atoms with Crippen molar-refractivity contribution in [3.05, 3.63) is 0 Å². The second-order valence-electron chi connectivity index (χ2n) is 1.30. The van der Waals surface area contributed by atoms with E-state index in [2.05, 4.69) is 17.9 Å². The van der Waals surface area contributed by atoms with Crippen molar-refractivity contribution in [2.45, 2.75) is 5.25 Å². The van der Waals surface area contributed by atoms with Gasteiger partial charge in [-0.05, 0) is 0 Å². The first-order valence-electron chi connectivity index (χ1n) is 2.00. The summed E-state index contributed by atoms with van der Waals surface area (Å²) in [5.74, 6) is 1.47. The van der Waals surface area contributed by atoms with E-state index in [4.69, 9.17) is 0 Å². The molecule has 7 heavy (non-hydrogen) atoms. The van der Waals surface area contributed by atoms with E-state index in [0.717, 1.165) is 5.25 Å². The second kappa shape index (κ2) is 4.11. The Morgan fingerprint density at radius 2 is 2.71 bits per heavy atom. The van der Waals surface area contributed by atoms with Crippen molar-refractivity contribution in [3.63, 3.8) is 0 Å². The fourth-order valence-corrected chi connectivity index (χ4v) is 14.9. The van der Waals surface area contributed by atoms with Crippen LogP contribution in [0.4, 0.5) is 0 Å². The first-order chi connectivity index (χ1) is 3.43. The van der Waals surface area contributed by atoms with Crippen LogP contribution in [0.1, 0.15) is 0 Å². The summed E-state index contributed by atoms with van der Waals surface area (Å²) in [7, 11) is 4.39. The standard InChI is InChI=1S/C3H6IS2.Sn.H/c5-3-1-4-6-2-3;;/h3,5H,1-2H2;;/q-1;+1;/p-1. The second-order valence-corrected chi connectivity index (χ2v) is 9.95. The third-order valence-corrected chi connectivity index (χ3v) is 10.9. The van der Waals surface area contributed by atoms with Gasteiger partial charge >= 0.3 is 74.3 Å². The van der Waals surface area contributed by atoms with Crippen LogP contribution in [0.5, 0.6) is 0 Å². The van der Waals surface area contributed by atoms with E-state index in [9.17, 15) is 0 Å². The van der Waals surface area contributed by atoms with E-state index < -0.39 is 0 Å². The Bertz CT molecular complexity index is 54.9. The van der Waals surface area contributed by atoms with E-state index in [-0.39, 0.29) is 0 Å². The maximum absolute atomic E-state index is 2.22. The Morgan fingerprint density at radius 1 is 1.86 bits per heavy atom. The molecule has 1 fully saturated rings. The van der Waals surface area contributed by atoms with Crippen LogP contribution in [-0.4, -0.2) is 36.6 Å². The average Bonchev–Trinajstić information content (AvgIpc) is 2.14. The monoisotopic (exact) mass is 353 g/mol. The molecule has 0 saturated carbocycles. The SMILES string of the molecule is [SnH][S]C1CS[I-]C1. The molecular formula is C3H6IS2Sn-. The normalized spacial score (nSPS) is 32.4. The van der Waals surface area contributed by atoms with Gasteiger partial charge in [0.05, 0.1) is 0 Å². The van der Waals surface area contributed by atoms with Crippen LogP contribution in [0.15, 0.2) is 0 Å². The van der Waals surface area contributed by atoms with Gasteiger partial charge in [-0.2, -0.15) is 0 Å². The molecule has 0 nitrogen and oxygen atoms in total. The van der Waals surface area contributed by atoms with Gasteiger partial charge in [0.25, 0.3) is 0 Å². The van der Waals surface area contributed by atoms with Crippen LogP contribution in [0.25, 0.3) is 0 Å². The Morgan fingerprint density at radius 3 is 3.00 bits per heavy atom. The van der Waals surface area contributed by atoms with Crippen molar-refractivity contribution in [1.29, 1.82) is 0 Å². The summed E-state index contributed by atoms with van der Waals surface area (Å²) < 4.78 is 1.58. The van der Waals surface area contributed by atoms with Crippen LogP contribution in [-0.2, 0) is 0 Å². The van der Waals surface area contributed by atoms with Gasteiger partial charge in [0.15, 0.2) is 0 Å². The quantitative estimate of drug-likeness (QED) is 0.295. The number of alkyl halides is 1. The van der Waals surface area contributed by atoms with Gasteiger partial charge < -0.3 is 0 Å². The Labute approximate surface area is 73.2 Å². The molecule has 0 bridgehead atoms. The molecule has 0 aromatic heterocycles. The maximum atomic E-state index is 2.22. The third-order valence-electron chi connectivity index (χ3n) is 0.754. The third kappa shape index (κ3) is 2.53. The Hall–Kier alpha value is 2.23. The van der Waals surface area contributed by atoms with Crippen LogP contribution in [0.2, 0.25) is 0 Å². The van der Waals surface area contributed by atoms with Crippen molar-refractivity contribution >= 4 is 39.0 Å². The van der Waals surface area contributed by atoms with E-state index in [1.165, 1.54) is 26.9 Å². The molecule has 4 heteroatoms. The van der Waals surface area contributed by atoms with Gasteiger partial charge in [-0.3, -0.25) is 0 Å². The topological polar surface area (TPSA) is 0 Å². The van der Waals surface area contributed by atoms with Crippen LogP contribution < -0.4 is 19.8 Å². The predicted molar refractivity (Wildman–Crippen MR) is 35.9 cm³/mol.